The lowest BCUT2D eigenvalue weighted by Gasteiger charge is -2.22. The number of carbonyl (C=O) groups excluding carboxylic acids is 1. The van der Waals surface area contributed by atoms with E-state index in [0.717, 1.165) is 22.0 Å². The van der Waals surface area contributed by atoms with Crippen molar-refractivity contribution in [2.24, 2.45) is 0 Å². The van der Waals surface area contributed by atoms with Crippen LogP contribution in [0.5, 0.6) is 0 Å². The molecule has 0 aliphatic heterocycles. The number of carbonyl (C=O) groups is 1. The first-order valence-corrected chi connectivity index (χ1v) is 10.2. The lowest BCUT2D eigenvalue weighted by Crippen LogP contribution is -2.35. The highest BCUT2D eigenvalue weighted by Crippen LogP contribution is 2.31. The van der Waals surface area contributed by atoms with Crippen LogP contribution >= 0.6 is 39.1 Å². The second kappa shape index (κ2) is 9.92. The Kier molecular flexibility index (Phi) is 7.31. The molecule has 1 atom stereocenters. The van der Waals surface area contributed by atoms with Gasteiger partial charge in [-0.15, -0.1) is 0 Å². The minimum atomic E-state index is -0.619. The van der Waals surface area contributed by atoms with Gasteiger partial charge in [-0.2, -0.15) is 0 Å². The minimum absolute atomic E-state index is 0.146. The van der Waals surface area contributed by atoms with E-state index in [9.17, 15) is 4.79 Å². The Hall–Kier alpha value is -2.08. The van der Waals surface area contributed by atoms with Crippen LogP contribution in [-0.2, 0) is 11.2 Å². The second-order valence-corrected chi connectivity index (χ2v) is 7.82. The number of amides is 1. The van der Waals surface area contributed by atoms with Gasteiger partial charge in [-0.25, -0.2) is 0 Å². The molecule has 0 fully saturated rings. The first-order chi connectivity index (χ1) is 13.5. The summed E-state index contributed by atoms with van der Waals surface area (Å²) >= 11 is 15.8. The Morgan fingerprint density at radius 2 is 1.82 bits per heavy atom. The van der Waals surface area contributed by atoms with Gasteiger partial charge < -0.3 is 10.6 Å². The van der Waals surface area contributed by atoms with Gasteiger partial charge in [0.15, 0.2) is 0 Å². The smallest absolute Gasteiger partial charge is 0.247 e. The number of benzene rings is 2. The normalized spacial score (nSPS) is 11.7. The first-order valence-electron chi connectivity index (χ1n) is 8.67. The largest absolute Gasteiger partial charge is 0.369 e. The van der Waals surface area contributed by atoms with E-state index in [0.29, 0.717) is 22.3 Å². The zero-order valence-electron chi connectivity index (χ0n) is 14.8. The summed E-state index contributed by atoms with van der Waals surface area (Å²) in [6.45, 7) is 0.514. The van der Waals surface area contributed by atoms with Crippen molar-refractivity contribution in [3.63, 3.8) is 0 Å². The average Bonchev–Trinajstić information content (AvgIpc) is 2.69. The molecule has 0 bridgehead atoms. The van der Waals surface area contributed by atoms with Crippen molar-refractivity contribution in [2.75, 3.05) is 11.9 Å². The standard InChI is InChI=1S/C21H18BrCl2N3O/c22-17-4-2-1-3-16(17)20(27-19-6-5-15(23)13-18(19)24)21(28)26-12-9-14-7-10-25-11-8-14/h1-8,10-11,13,20,27H,9,12H2,(H,26,28). The topological polar surface area (TPSA) is 54.0 Å². The van der Waals surface area contributed by atoms with Crippen molar-refractivity contribution in [3.8, 4) is 0 Å². The predicted octanol–water partition coefficient (Wildman–Crippen LogP) is 5.66. The Balaban J connectivity index is 1.77. The molecule has 0 aliphatic rings. The summed E-state index contributed by atoms with van der Waals surface area (Å²) in [5.74, 6) is -0.146. The van der Waals surface area contributed by atoms with E-state index in [1.807, 2.05) is 36.4 Å². The van der Waals surface area contributed by atoms with Gasteiger partial charge in [-0.05, 0) is 53.9 Å². The van der Waals surface area contributed by atoms with Crippen molar-refractivity contribution in [3.05, 3.63) is 92.6 Å². The fourth-order valence-corrected chi connectivity index (χ4v) is 3.71. The Bertz CT molecular complexity index is 953. The SMILES string of the molecule is O=C(NCCc1ccncc1)C(Nc1ccc(Cl)cc1Cl)c1ccccc1Br. The number of aromatic nitrogens is 1. The van der Waals surface area contributed by atoms with Crippen LogP contribution in [0.4, 0.5) is 5.69 Å². The molecule has 1 heterocycles. The zero-order valence-corrected chi connectivity index (χ0v) is 17.9. The van der Waals surface area contributed by atoms with Gasteiger partial charge in [-0.3, -0.25) is 9.78 Å². The quantitative estimate of drug-likeness (QED) is 0.460. The van der Waals surface area contributed by atoms with E-state index >= 15 is 0 Å². The molecule has 1 aromatic heterocycles. The van der Waals surface area contributed by atoms with Crippen LogP contribution < -0.4 is 10.6 Å². The highest BCUT2D eigenvalue weighted by atomic mass is 79.9. The highest BCUT2D eigenvalue weighted by Gasteiger charge is 2.23. The molecule has 7 heteroatoms. The van der Waals surface area contributed by atoms with E-state index in [2.05, 4.69) is 31.5 Å². The van der Waals surface area contributed by atoms with Gasteiger partial charge in [0.25, 0.3) is 0 Å². The van der Waals surface area contributed by atoms with E-state index in [4.69, 9.17) is 23.2 Å². The number of hydrogen-bond donors (Lipinski definition) is 2. The molecule has 2 N–H and O–H groups in total. The molecule has 144 valence electrons. The Morgan fingerprint density at radius 1 is 1.07 bits per heavy atom. The summed E-state index contributed by atoms with van der Waals surface area (Å²) in [7, 11) is 0. The number of hydrogen-bond acceptors (Lipinski definition) is 3. The van der Waals surface area contributed by atoms with Gasteiger partial charge in [0.05, 0.1) is 10.7 Å². The van der Waals surface area contributed by atoms with Crippen LogP contribution in [0.15, 0.2) is 71.5 Å². The van der Waals surface area contributed by atoms with E-state index in [-0.39, 0.29) is 5.91 Å². The lowest BCUT2D eigenvalue weighted by molar-refractivity contribution is -0.121. The van der Waals surface area contributed by atoms with Crippen LogP contribution in [-0.4, -0.2) is 17.4 Å². The third-order valence-electron chi connectivity index (χ3n) is 4.17. The number of anilines is 1. The van der Waals surface area contributed by atoms with Crippen molar-refractivity contribution < 1.29 is 4.79 Å². The van der Waals surface area contributed by atoms with Crippen LogP contribution in [0, 0.1) is 0 Å². The van der Waals surface area contributed by atoms with Crippen molar-refractivity contribution in [1.29, 1.82) is 0 Å². The molecule has 3 aromatic rings. The maximum atomic E-state index is 13.0. The molecule has 1 unspecified atom stereocenters. The van der Waals surface area contributed by atoms with Gasteiger partial charge in [-0.1, -0.05) is 57.3 Å². The predicted molar refractivity (Wildman–Crippen MR) is 118 cm³/mol. The van der Waals surface area contributed by atoms with E-state index < -0.39 is 6.04 Å². The lowest BCUT2D eigenvalue weighted by atomic mass is 10.1. The molecule has 28 heavy (non-hydrogen) atoms. The zero-order chi connectivity index (χ0) is 19.9. The molecule has 2 aromatic carbocycles. The summed E-state index contributed by atoms with van der Waals surface area (Å²) in [6.07, 6.45) is 4.20. The van der Waals surface area contributed by atoms with Crippen molar-refractivity contribution in [1.82, 2.24) is 10.3 Å². The van der Waals surface area contributed by atoms with Crippen molar-refractivity contribution in [2.45, 2.75) is 12.5 Å². The van der Waals surface area contributed by atoms with Crippen LogP contribution in [0.25, 0.3) is 0 Å². The molecule has 0 radical (unpaired) electrons. The number of nitrogens with one attached hydrogen (secondary N) is 2. The molecule has 0 saturated carbocycles. The fraction of sp³-hybridized carbons (Fsp3) is 0.143. The summed E-state index contributed by atoms with van der Waals surface area (Å²) in [6, 6.07) is 16.0. The van der Waals surface area contributed by atoms with E-state index in [1.165, 1.54) is 0 Å². The monoisotopic (exact) mass is 477 g/mol. The van der Waals surface area contributed by atoms with Crippen LogP contribution in [0.2, 0.25) is 10.0 Å². The van der Waals surface area contributed by atoms with Gasteiger partial charge in [0, 0.05) is 28.4 Å². The molecule has 0 saturated heterocycles. The minimum Gasteiger partial charge on any atom is -0.369 e. The average molecular weight is 479 g/mol. The highest BCUT2D eigenvalue weighted by molar-refractivity contribution is 9.10. The number of nitrogens with zero attached hydrogens (tertiary/aromatic N) is 1. The molecule has 1 amide bonds. The Morgan fingerprint density at radius 3 is 2.54 bits per heavy atom. The summed E-state index contributed by atoms with van der Waals surface area (Å²) in [5, 5.41) is 7.22. The van der Waals surface area contributed by atoms with Gasteiger partial charge in [0.2, 0.25) is 5.91 Å². The second-order valence-electron chi connectivity index (χ2n) is 6.12. The Labute approximate surface area is 182 Å². The van der Waals surface area contributed by atoms with E-state index in [1.54, 1.807) is 30.6 Å². The maximum absolute atomic E-state index is 13.0. The number of halogens is 3. The molecule has 3 rings (SSSR count). The van der Waals surface area contributed by atoms with Gasteiger partial charge >= 0.3 is 0 Å². The van der Waals surface area contributed by atoms with Crippen LogP contribution in [0.1, 0.15) is 17.2 Å². The maximum Gasteiger partial charge on any atom is 0.247 e. The fourth-order valence-electron chi connectivity index (χ4n) is 2.74. The summed E-state index contributed by atoms with van der Waals surface area (Å²) in [4.78, 5) is 17.0. The molecule has 4 nitrogen and oxygen atoms in total. The van der Waals surface area contributed by atoms with Gasteiger partial charge in [0.1, 0.15) is 6.04 Å². The number of rotatable bonds is 7. The number of pyridine rings is 1. The summed E-state index contributed by atoms with van der Waals surface area (Å²) in [5.41, 5.74) is 2.56. The first kappa shape index (κ1) is 20.6. The third kappa shape index (κ3) is 5.47. The summed E-state index contributed by atoms with van der Waals surface area (Å²) < 4.78 is 0.835. The molecular formula is C21H18BrCl2N3O. The third-order valence-corrected chi connectivity index (χ3v) is 5.44. The van der Waals surface area contributed by atoms with Crippen LogP contribution in [0.3, 0.4) is 0 Å². The molecule has 0 aliphatic carbocycles. The van der Waals surface area contributed by atoms with Crippen molar-refractivity contribution >= 4 is 50.7 Å². The molecule has 0 spiro atoms. The molecular weight excluding hydrogens is 461 g/mol.